The van der Waals surface area contributed by atoms with Crippen LogP contribution in [0, 0.1) is 6.92 Å². The molecule has 0 bridgehead atoms. The van der Waals surface area contributed by atoms with Gasteiger partial charge in [0.15, 0.2) is 0 Å². The minimum Gasteiger partial charge on any atom is -0.464 e. The van der Waals surface area contributed by atoms with Gasteiger partial charge in [-0.1, -0.05) is 24.3 Å². The zero-order chi connectivity index (χ0) is 12.3. The highest BCUT2D eigenvalue weighted by molar-refractivity contribution is 5.31. The zero-order valence-corrected chi connectivity index (χ0v) is 10.2. The summed E-state index contributed by atoms with van der Waals surface area (Å²) >= 11 is 0. The quantitative estimate of drug-likeness (QED) is 0.847. The van der Waals surface area contributed by atoms with Gasteiger partial charge in [-0.05, 0) is 37.2 Å². The lowest BCUT2D eigenvalue weighted by molar-refractivity contribution is 0.444. The SMILES string of the molecule is CNC(c1cccc(CN)c1)c1ccc(C)o1. The van der Waals surface area contributed by atoms with Gasteiger partial charge in [-0.3, -0.25) is 0 Å². The standard InChI is InChI=1S/C14H18N2O/c1-10-6-7-13(17-10)14(16-2)12-5-3-4-11(8-12)9-15/h3-8,14,16H,9,15H2,1-2H3. The number of hydrogen-bond acceptors (Lipinski definition) is 3. The Kier molecular flexibility index (Phi) is 3.61. The van der Waals surface area contributed by atoms with E-state index >= 15 is 0 Å². The first kappa shape index (κ1) is 11.9. The first-order valence-electron chi connectivity index (χ1n) is 5.77. The Morgan fingerprint density at radius 3 is 2.71 bits per heavy atom. The molecule has 2 rings (SSSR count). The summed E-state index contributed by atoms with van der Waals surface area (Å²) in [4.78, 5) is 0. The molecular weight excluding hydrogens is 212 g/mol. The van der Waals surface area contributed by atoms with Crippen LogP contribution in [0.5, 0.6) is 0 Å². The van der Waals surface area contributed by atoms with E-state index in [1.165, 1.54) is 5.56 Å². The summed E-state index contributed by atoms with van der Waals surface area (Å²) in [6.45, 7) is 2.51. The van der Waals surface area contributed by atoms with Crippen molar-refractivity contribution >= 4 is 0 Å². The van der Waals surface area contributed by atoms with Crippen LogP contribution in [-0.2, 0) is 6.54 Å². The molecule has 1 unspecified atom stereocenters. The molecule has 1 atom stereocenters. The molecule has 17 heavy (non-hydrogen) atoms. The number of rotatable bonds is 4. The first-order chi connectivity index (χ1) is 8.24. The van der Waals surface area contributed by atoms with Crippen LogP contribution in [0.2, 0.25) is 0 Å². The van der Waals surface area contributed by atoms with E-state index in [1.807, 2.05) is 38.2 Å². The Bertz CT molecular complexity index is 490. The fraction of sp³-hybridized carbons (Fsp3) is 0.286. The van der Waals surface area contributed by atoms with Gasteiger partial charge in [-0.25, -0.2) is 0 Å². The molecule has 1 aromatic carbocycles. The molecule has 0 aliphatic carbocycles. The van der Waals surface area contributed by atoms with E-state index in [0.717, 1.165) is 17.1 Å². The van der Waals surface area contributed by atoms with Crippen LogP contribution < -0.4 is 11.1 Å². The van der Waals surface area contributed by atoms with Crippen molar-refractivity contribution in [1.82, 2.24) is 5.32 Å². The third-order valence-corrected chi connectivity index (χ3v) is 2.85. The summed E-state index contributed by atoms with van der Waals surface area (Å²) in [7, 11) is 1.93. The van der Waals surface area contributed by atoms with Crippen molar-refractivity contribution < 1.29 is 4.42 Å². The number of furan rings is 1. The largest absolute Gasteiger partial charge is 0.464 e. The van der Waals surface area contributed by atoms with Gasteiger partial charge in [0.1, 0.15) is 11.5 Å². The second-order valence-corrected chi connectivity index (χ2v) is 4.12. The third kappa shape index (κ3) is 2.57. The van der Waals surface area contributed by atoms with E-state index in [2.05, 4.69) is 17.4 Å². The molecule has 1 heterocycles. The van der Waals surface area contributed by atoms with E-state index in [9.17, 15) is 0 Å². The van der Waals surface area contributed by atoms with Crippen LogP contribution in [0.3, 0.4) is 0 Å². The van der Waals surface area contributed by atoms with Crippen LogP contribution in [0.15, 0.2) is 40.8 Å². The molecular formula is C14H18N2O. The summed E-state index contributed by atoms with van der Waals surface area (Å²) in [5, 5.41) is 3.26. The molecule has 0 saturated carbocycles. The van der Waals surface area contributed by atoms with Gasteiger partial charge in [0.2, 0.25) is 0 Å². The van der Waals surface area contributed by atoms with Crippen LogP contribution >= 0.6 is 0 Å². The fourth-order valence-electron chi connectivity index (χ4n) is 1.98. The second-order valence-electron chi connectivity index (χ2n) is 4.12. The van der Waals surface area contributed by atoms with Crippen LogP contribution in [0.4, 0.5) is 0 Å². The number of benzene rings is 1. The topological polar surface area (TPSA) is 51.2 Å². The van der Waals surface area contributed by atoms with Gasteiger partial charge < -0.3 is 15.5 Å². The average Bonchev–Trinajstić information content (AvgIpc) is 2.77. The minimum absolute atomic E-state index is 0.0789. The molecule has 0 fully saturated rings. The molecule has 90 valence electrons. The van der Waals surface area contributed by atoms with E-state index in [1.54, 1.807) is 0 Å². The van der Waals surface area contributed by atoms with Gasteiger partial charge in [-0.15, -0.1) is 0 Å². The number of aryl methyl sites for hydroxylation is 1. The highest BCUT2D eigenvalue weighted by Crippen LogP contribution is 2.24. The lowest BCUT2D eigenvalue weighted by Gasteiger charge is -2.15. The normalized spacial score (nSPS) is 12.6. The maximum atomic E-state index is 5.67. The highest BCUT2D eigenvalue weighted by atomic mass is 16.3. The number of nitrogens with two attached hydrogens (primary N) is 1. The molecule has 0 spiro atoms. The summed E-state index contributed by atoms with van der Waals surface area (Å²) in [6.07, 6.45) is 0. The van der Waals surface area contributed by atoms with Crippen LogP contribution in [0.1, 0.15) is 28.7 Å². The zero-order valence-electron chi connectivity index (χ0n) is 10.2. The molecule has 0 amide bonds. The van der Waals surface area contributed by atoms with Crippen molar-refractivity contribution in [3.05, 3.63) is 59.0 Å². The number of hydrogen-bond donors (Lipinski definition) is 2. The van der Waals surface area contributed by atoms with E-state index in [0.29, 0.717) is 6.54 Å². The van der Waals surface area contributed by atoms with Gasteiger partial charge in [0.25, 0.3) is 0 Å². The smallest absolute Gasteiger partial charge is 0.125 e. The maximum Gasteiger partial charge on any atom is 0.125 e. The van der Waals surface area contributed by atoms with Gasteiger partial charge >= 0.3 is 0 Å². The van der Waals surface area contributed by atoms with Crippen molar-refractivity contribution in [2.45, 2.75) is 19.5 Å². The average molecular weight is 230 g/mol. The first-order valence-corrected chi connectivity index (χ1v) is 5.77. The molecule has 0 aliphatic rings. The van der Waals surface area contributed by atoms with E-state index < -0.39 is 0 Å². The Morgan fingerprint density at radius 2 is 2.12 bits per heavy atom. The second kappa shape index (κ2) is 5.17. The molecule has 3 heteroatoms. The third-order valence-electron chi connectivity index (χ3n) is 2.85. The maximum absolute atomic E-state index is 5.67. The predicted octanol–water partition coefficient (Wildman–Crippen LogP) is 2.36. The molecule has 0 aliphatic heterocycles. The van der Waals surface area contributed by atoms with E-state index in [-0.39, 0.29) is 6.04 Å². The van der Waals surface area contributed by atoms with Crippen molar-refractivity contribution in [3.8, 4) is 0 Å². The van der Waals surface area contributed by atoms with Gasteiger partial charge in [0, 0.05) is 6.54 Å². The van der Waals surface area contributed by atoms with Crippen molar-refractivity contribution in [1.29, 1.82) is 0 Å². The molecule has 0 radical (unpaired) electrons. The van der Waals surface area contributed by atoms with Gasteiger partial charge in [0.05, 0.1) is 6.04 Å². The Balaban J connectivity index is 2.34. The predicted molar refractivity (Wildman–Crippen MR) is 68.7 cm³/mol. The van der Waals surface area contributed by atoms with Crippen molar-refractivity contribution in [3.63, 3.8) is 0 Å². The summed E-state index contributed by atoms with van der Waals surface area (Å²) in [6, 6.07) is 12.3. The van der Waals surface area contributed by atoms with Gasteiger partial charge in [-0.2, -0.15) is 0 Å². The minimum atomic E-state index is 0.0789. The Morgan fingerprint density at radius 1 is 1.29 bits per heavy atom. The van der Waals surface area contributed by atoms with Crippen LogP contribution in [-0.4, -0.2) is 7.05 Å². The Labute approximate surface area is 102 Å². The molecule has 3 nitrogen and oxygen atoms in total. The van der Waals surface area contributed by atoms with Crippen molar-refractivity contribution in [2.75, 3.05) is 7.05 Å². The summed E-state index contributed by atoms with van der Waals surface area (Å²) in [5.41, 5.74) is 7.96. The van der Waals surface area contributed by atoms with Crippen LogP contribution in [0.25, 0.3) is 0 Å². The highest BCUT2D eigenvalue weighted by Gasteiger charge is 2.15. The molecule has 1 aromatic heterocycles. The molecule has 0 saturated heterocycles. The lowest BCUT2D eigenvalue weighted by atomic mass is 10.0. The Hall–Kier alpha value is -1.58. The summed E-state index contributed by atoms with van der Waals surface area (Å²) < 4.78 is 5.67. The monoisotopic (exact) mass is 230 g/mol. The summed E-state index contributed by atoms with van der Waals surface area (Å²) in [5.74, 6) is 1.86. The van der Waals surface area contributed by atoms with E-state index in [4.69, 9.17) is 10.2 Å². The number of nitrogens with one attached hydrogen (secondary N) is 1. The molecule has 2 aromatic rings. The van der Waals surface area contributed by atoms with Crippen molar-refractivity contribution in [2.24, 2.45) is 5.73 Å². The fourth-order valence-corrected chi connectivity index (χ4v) is 1.98. The molecule has 3 N–H and O–H groups in total. The lowest BCUT2D eigenvalue weighted by Crippen LogP contribution is -2.17.